The first kappa shape index (κ1) is 15.7. The molecule has 0 saturated heterocycles. The van der Waals surface area contributed by atoms with Crippen LogP contribution in [-0.2, 0) is 0 Å². The number of amides is 1. The van der Waals surface area contributed by atoms with E-state index in [2.05, 4.69) is 27.9 Å². The van der Waals surface area contributed by atoms with Gasteiger partial charge in [0.05, 0.1) is 21.3 Å². The van der Waals surface area contributed by atoms with Gasteiger partial charge >= 0.3 is 0 Å². The van der Waals surface area contributed by atoms with Crippen LogP contribution in [0, 0.1) is 3.57 Å². The minimum absolute atomic E-state index is 0.0115. The summed E-state index contributed by atoms with van der Waals surface area (Å²) in [6.07, 6.45) is 0. The van der Waals surface area contributed by atoms with Crippen molar-refractivity contribution in [3.8, 4) is 5.75 Å². The molecule has 0 bridgehead atoms. The first-order valence-electron chi connectivity index (χ1n) is 5.34. The highest BCUT2D eigenvalue weighted by atomic mass is 127. The van der Waals surface area contributed by atoms with Gasteiger partial charge in [0.25, 0.3) is 5.91 Å². The second-order valence-corrected chi connectivity index (χ2v) is 6.14. The van der Waals surface area contributed by atoms with Crippen LogP contribution in [0.15, 0.2) is 30.3 Å². The molecule has 1 amide bonds. The Kier molecular flexibility index (Phi) is 5.01. The van der Waals surface area contributed by atoms with Gasteiger partial charge in [-0.1, -0.05) is 46.9 Å². The molecule has 0 saturated carbocycles. The first-order valence-corrected chi connectivity index (χ1v) is 7.55. The van der Waals surface area contributed by atoms with Crippen molar-refractivity contribution in [2.45, 2.75) is 0 Å². The molecule has 0 aromatic heterocycles. The Morgan fingerprint density at radius 1 is 1.15 bits per heavy atom. The minimum Gasteiger partial charge on any atom is -0.505 e. The van der Waals surface area contributed by atoms with Crippen molar-refractivity contribution in [3.63, 3.8) is 0 Å². The van der Waals surface area contributed by atoms with Crippen LogP contribution < -0.4 is 5.32 Å². The molecule has 0 aliphatic carbocycles. The van der Waals surface area contributed by atoms with Gasteiger partial charge in [0.2, 0.25) is 0 Å². The Labute approximate surface area is 144 Å². The molecule has 104 valence electrons. The van der Waals surface area contributed by atoms with E-state index in [1.807, 2.05) is 12.1 Å². The minimum atomic E-state index is -0.338. The van der Waals surface area contributed by atoms with Gasteiger partial charge in [0, 0.05) is 3.57 Å². The monoisotopic (exact) mass is 441 g/mol. The third-order valence-electron chi connectivity index (χ3n) is 2.50. The lowest BCUT2D eigenvalue weighted by Crippen LogP contribution is -2.13. The first-order chi connectivity index (χ1) is 9.41. The van der Waals surface area contributed by atoms with E-state index in [9.17, 15) is 9.90 Å². The third kappa shape index (κ3) is 3.14. The Morgan fingerprint density at radius 2 is 1.80 bits per heavy atom. The van der Waals surface area contributed by atoms with Crippen molar-refractivity contribution in [1.82, 2.24) is 0 Å². The van der Waals surface area contributed by atoms with Crippen LogP contribution in [0.1, 0.15) is 10.4 Å². The summed E-state index contributed by atoms with van der Waals surface area (Å²) in [5, 5.41) is 12.1. The molecule has 20 heavy (non-hydrogen) atoms. The number of nitrogens with one attached hydrogen (secondary N) is 1. The molecule has 0 aliphatic rings. The van der Waals surface area contributed by atoms with Crippen molar-refractivity contribution >= 4 is 69.0 Å². The Morgan fingerprint density at radius 3 is 2.45 bits per heavy atom. The number of phenols is 1. The molecule has 0 spiro atoms. The summed E-state index contributed by atoms with van der Waals surface area (Å²) in [6.45, 7) is 0. The molecule has 0 unspecified atom stereocenters. The van der Waals surface area contributed by atoms with Crippen molar-refractivity contribution in [2.75, 3.05) is 5.32 Å². The van der Waals surface area contributed by atoms with Gasteiger partial charge in [0.1, 0.15) is 5.02 Å². The van der Waals surface area contributed by atoms with Crippen LogP contribution in [0.3, 0.4) is 0 Å². The van der Waals surface area contributed by atoms with Crippen LogP contribution in [0.2, 0.25) is 15.1 Å². The number of benzene rings is 2. The van der Waals surface area contributed by atoms with Gasteiger partial charge < -0.3 is 10.4 Å². The summed E-state index contributed by atoms with van der Waals surface area (Å²) >= 11 is 19.7. The standard InChI is InChI=1S/C13H7Cl3INO2/c14-7-5-9(10(15)11(16)12(7)19)18-13(20)6-3-1-2-4-8(6)17/h1-5,19H,(H,18,20). The average Bonchev–Trinajstić information content (AvgIpc) is 2.42. The maximum atomic E-state index is 12.2. The lowest BCUT2D eigenvalue weighted by Gasteiger charge is -2.11. The molecule has 2 N–H and O–H groups in total. The fourth-order valence-corrected chi connectivity index (χ4v) is 2.79. The fourth-order valence-electron chi connectivity index (χ4n) is 1.51. The summed E-state index contributed by atoms with van der Waals surface area (Å²) < 4.78 is 0.801. The van der Waals surface area contributed by atoms with E-state index in [1.165, 1.54) is 6.07 Å². The number of hydrogen-bond donors (Lipinski definition) is 2. The van der Waals surface area contributed by atoms with Crippen LogP contribution >= 0.6 is 57.4 Å². The van der Waals surface area contributed by atoms with E-state index in [0.29, 0.717) is 5.56 Å². The van der Waals surface area contributed by atoms with Gasteiger partial charge in [-0.25, -0.2) is 0 Å². The normalized spacial score (nSPS) is 10.4. The molecular formula is C13H7Cl3INO2. The average molecular weight is 442 g/mol. The van der Waals surface area contributed by atoms with E-state index >= 15 is 0 Å². The SMILES string of the molecule is O=C(Nc1cc(Cl)c(O)c(Cl)c1Cl)c1ccccc1I. The van der Waals surface area contributed by atoms with Crippen LogP contribution in [0.5, 0.6) is 5.75 Å². The molecule has 3 nitrogen and oxygen atoms in total. The summed E-state index contributed by atoms with van der Waals surface area (Å²) in [5.41, 5.74) is 0.744. The number of anilines is 1. The summed E-state index contributed by atoms with van der Waals surface area (Å²) in [7, 11) is 0. The third-order valence-corrected chi connectivity index (χ3v) is 4.59. The van der Waals surface area contributed by atoms with Gasteiger partial charge in [-0.05, 0) is 40.8 Å². The van der Waals surface area contributed by atoms with E-state index in [1.54, 1.807) is 12.1 Å². The number of carbonyl (C=O) groups excluding carboxylic acids is 1. The number of carbonyl (C=O) groups is 1. The maximum absolute atomic E-state index is 12.2. The zero-order valence-electron chi connectivity index (χ0n) is 9.75. The van der Waals surface area contributed by atoms with Crippen LogP contribution in [0.4, 0.5) is 5.69 Å². The highest BCUT2D eigenvalue weighted by Crippen LogP contribution is 2.42. The molecule has 0 heterocycles. The van der Waals surface area contributed by atoms with E-state index in [4.69, 9.17) is 34.8 Å². The second-order valence-electron chi connectivity index (χ2n) is 3.82. The van der Waals surface area contributed by atoms with Gasteiger partial charge in [-0.2, -0.15) is 0 Å². The van der Waals surface area contributed by atoms with Crippen molar-refractivity contribution < 1.29 is 9.90 Å². The summed E-state index contributed by atoms with van der Waals surface area (Å²) in [6, 6.07) is 8.44. The Balaban J connectivity index is 2.36. The van der Waals surface area contributed by atoms with Crippen molar-refractivity contribution in [3.05, 3.63) is 54.5 Å². The molecular weight excluding hydrogens is 435 g/mol. The number of rotatable bonds is 2. The van der Waals surface area contributed by atoms with Crippen LogP contribution in [-0.4, -0.2) is 11.0 Å². The molecule has 0 aliphatic heterocycles. The molecule has 0 atom stereocenters. The predicted molar refractivity (Wildman–Crippen MR) is 90.2 cm³/mol. The highest BCUT2D eigenvalue weighted by Gasteiger charge is 2.17. The predicted octanol–water partition coefficient (Wildman–Crippen LogP) is 5.21. The second kappa shape index (κ2) is 6.39. The molecule has 7 heteroatoms. The molecule has 2 aromatic rings. The van der Waals surface area contributed by atoms with Gasteiger partial charge in [-0.15, -0.1) is 0 Å². The molecule has 2 rings (SSSR count). The van der Waals surface area contributed by atoms with Crippen molar-refractivity contribution in [2.24, 2.45) is 0 Å². The quantitative estimate of drug-likeness (QED) is 0.381. The fraction of sp³-hybridized carbons (Fsp3) is 0. The smallest absolute Gasteiger partial charge is 0.256 e. The lowest BCUT2D eigenvalue weighted by atomic mass is 10.2. The zero-order valence-corrected chi connectivity index (χ0v) is 14.2. The van der Waals surface area contributed by atoms with Crippen LogP contribution in [0.25, 0.3) is 0 Å². The van der Waals surface area contributed by atoms with E-state index < -0.39 is 0 Å². The number of phenolic OH excluding ortho intramolecular Hbond substituents is 1. The lowest BCUT2D eigenvalue weighted by molar-refractivity contribution is 0.102. The molecule has 0 fully saturated rings. The maximum Gasteiger partial charge on any atom is 0.256 e. The highest BCUT2D eigenvalue weighted by molar-refractivity contribution is 14.1. The largest absolute Gasteiger partial charge is 0.505 e. The number of halogens is 4. The molecule has 0 radical (unpaired) electrons. The van der Waals surface area contributed by atoms with Gasteiger partial charge in [-0.3, -0.25) is 4.79 Å². The Hall–Kier alpha value is -0.690. The zero-order chi connectivity index (χ0) is 14.9. The van der Waals surface area contributed by atoms with E-state index in [0.717, 1.165) is 3.57 Å². The number of aromatic hydroxyl groups is 1. The summed E-state index contributed by atoms with van der Waals surface area (Å²) in [5.74, 6) is -0.652. The number of hydrogen-bond acceptors (Lipinski definition) is 2. The van der Waals surface area contributed by atoms with Gasteiger partial charge in [0.15, 0.2) is 5.75 Å². The topological polar surface area (TPSA) is 49.3 Å². The Bertz CT molecular complexity index is 692. The van der Waals surface area contributed by atoms with E-state index in [-0.39, 0.29) is 32.4 Å². The molecule has 2 aromatic carbocycles. The van der Waals surface area contributed by atoms with Crippen molar-refractivity contribution in [1.29, 1.82) is 0 Å². The summed E-state index contributed by atoms with van der Waals surface area (Å²) in [4.78, 5) is 12.2.